The highest BCUT2D eigenvalue weighted by molar-refractivity contribution is 5.76. The fourth-order valence-electron chi connectivity index (χ4n) is 3.15. The van der Waals surface area contributed by atoms with Crippen LogP contribution in [0.25, 0.3) is 11.1 Å². The Balaban J connectivity index is 1.76. The minimum atomic E-state index is -1.28. The van der Waals surface area contributed by atoms with E-state index < -0.39 is 11.6 Å². The normalized spacial score (nSPS) is 11.8. The second kappa shape index (κ2) is 9.20. The highest BCUT2D eigenvalue weighted by Gasteiger charge is 2.29. The molecule has 0 aliphatic rings. The van der Waals surface area contributed by atoms with E-state index in [1.54, 1.807) is 12.1 Å². The lowest BCUT2D eigenvalue weighted by molar-refractivity contribution is -0.152. The van der Waals surface area contributed by atoms with Gasteiger partial charge in [0.1, 0.15) is 11.3 Å². The zero-order valence-corrected chi connectivity index (χ0v) is 18.1. The van der Waals surface area contributed by atoms with E-state index in [4.69, 9.17) is 9.15 Å². The lowest BCUT2D eigenvalue weighted by atomic mass is 10.1. The van der Waals surface area contributed by atoms with Crippen molar-refractivity contribution in [3.05, 3.63) is 54.1 Å². The summed E-state index contributed by atoms with van der Waals surface area (Å²) in [4.78, 5) is 18.1. The molecular formula is C24H30N2O4. The van der Waals surface area contributed by atoms with Crippen molar-refractivity contribution in [2.45, 2.75) is 52.7 Å². The van der Waals surface area contributed by atoms with E-state index in [1.165, 1.54) is 13.8 Å². The maximum atomic E-state index is 11.3. The van der Waals surface area contributed by atoms with Gasteiger partial charge in [0.2, 0.25) is 0 Å². The molecule has 1 aromatic heterocycles. The van der Waals surface area contributed by atoms with Crippen molar-refractivity contribution in [1.29, 1.82) is 0 Å². The van der Waals surface area contributed by atoms with Gasteiger partial charge in [-0.3, -0.25) is 0 Å². The fourth-order valence-corrected chi connectivity index (χ4v) is 3.15. The molecule has 6 nitrogen and oxygen atoms in total. The zero-order valence-electron chi connectivity index (χ0n) is 18.1. The van der Waals surface area contributed by atoms with Crippen LogP contribution in [0.1, 0.15) is 46.1 Å². The van der Waals surface area contributed by atoms with Gasteiger partial charge in [0.25, 0.3) is 6.01 Å². The number of rotatable bonds is 10. The number of carbonyl (C=O) groups is 1. The van der Waals surface area contributed by atoms with Gasteiger partial charge in [-0.15, -0.1) is 0 Å². The number of hydrogen-bond acceptors (Lipinski definition) is 5. The van der Waals surface area contributed by atoms with Crippen molar-refractivity contribution in [2.75, 3.05) is 11.4 Å². The third-order valence-electron chi connectivity index (χ3n) is 4.95. The third kappa shape index (κ3) is 5.53. The van der Waals surface area contributed by atoms with E-state index in [2.05, 4.69) is 23.7 Å². The number of carboxylic acid groups (broad SMARTS) is 1. The molecule has 0 saturated carbocycles. The maximum absolute atomic E-state index is 11.3. The molecule has 2 aromatic carbocycles. The summed E-state index contributed by atoms with van der Waals surface area (Å²) in [5.74, 6) is 0.169. The molecule has 0 bridgehead atoms. The van der Waals surface area contributed by atoms with Crippen molar-refractivity contribution in [2.24, 2.45) is 5.92 Å². The fraction of sp³-hybridized carbons (Fsp3) is 0.417. The SMILES string of the molecule is CC(C)CCCN(Cc1ccc(OC(C)(C)C(=O)O)cc1)c1nc2ccccc2o1. The first-order valence-electron chi connectivity index (χ1n) is 10.4. The van der Waals surface area contributed by atoms with Crippen LogP contribution in [0.15, 0.2) is 52.9 Å². The van der Waals surface area contributed by atoms with E-state index in [0.717, 1.165) is 36.0 Å². The van der Waals surface area contributed by atoms with E-state index >= 15 is 0 Å². The molecule has 3 aromatic rings. The number of hydrogen-bond donors (Lipinski definition) is 1. The highest BCUT2D eigenvalue weighted by Crippen LogP contribution is 2.25. The summed E-state index contributed by atoms with van der Waals surface area (Å²) in [6.07, 6.45) is 2.18. The second-order valence-corrected chi connectivity index (χ2v) is 8.48. The number of fused-ring (bicyclic) bond motifs is 1. The van der Waals surface area contributed by atoms with Gasteiger partial charge in [-0.25, -0.2) is 4.79 Å². The number of anilines is 1. The van der Waals surface area contributed by atoms with Crippen LogP contribution in [0.5, 0.6) is 5.75 Å². The van der Waals surface area contributed by atoms with E-state index in [1.807, 2.05) is 36.4 Å². The Kier molecular flexibility index (Phi) is 6.65. The molecule has 0 saturated heterocycles. The van der Waals surface area contributed by atoms with E-state index in [0.29, 0.717) is 24.2 Å². The van der Waals surface area contributed by atoms with Gasteiger partial charge < -0.3 is 19.2 Å². The predicted molar refractivity (Wildman–Crippen MR) is 118 cm³/mol. The molecule has 0 aliphatic carbocycles. The maximum Gasteiger partial charge on any atom is 0.347 e. The van der Waals surface area contributed by atoms with Crippen molar-refractivity contribution in [3.8, 4) is 5.75 Å². The van der Waals surface area contributed by atoms with Gasteiger partial charge in [-0.1, -0.05) is 38.1 Å². The quantitative estimate of drug-likeness (QED) is 0.475. The molecule has 0 amide bonds. The molecular weight excluding hydrogens is 380 g/mol. The van der Waals surface area contributed by atoms with Gasteiger partial charge >= 0.3 is 5.97 Å². The van der Waals surface area contributed by atoms with Crippen LogP contribution in [0.3, 0.4) is 0 Å². The summed E-state index contributed by atoms with van der Waals surface area (Å²) in [7, 11) is 0. The molecule has 0 radical (unpaired) electrons. The summed E-state index contributed by atoms with van der Waals surface area (Å²) >= 11 is 0. The van der Waals surface area contributed by atoms with Crippen LogP contribution in [0, 0.1) is 5.92 Å². The van der Waals surface area contributed by atoms with Crippen LogP contribution < -0.4 is 9.64 Å². The summed E-state index contributed by atoms with van der Waals surface area (Å²) < 4.78 is 11.6. The topological polar surface area (TPSA) is 75.8 Å². The Bertz CT molecular complexity index is 943. The third-order valence-corrected chi connectivity index (χ3v) is 4.95. The molecule has 160 valence electrons. The molecule has 6 heteroatoms. The average Bonchev–Trinajstić information content (AvgIpc) is 3.12. The summed E-state index contributed by atoms with van der Waals surface area (Å²) in [6.45, 7) is 9.00. The number of carboxylic acids is 1. The van der Waals surface area contributed by atoms with Crippen molar-refractivity contribution in [1.82, 2.24) is 4.98 Å². The molecule has 0 fully saturated rings. The van der Waals surface area contributed by atoms with Gasteiger partial charge in [0, 0.05) is 13.1 Å². The first-order chi connectivity index (χ1) is 14.2. The first kappa shape index (κ1) is 21.7. The van der Waals surface area contributed by atoms with E-state index in [9.17, 15) is 9.90 Å². The lowest BCUT2D eigenvalue weighted by Crippen LogP contribution is -2.37. The highest BCUT2D eigenvalue weighted by atomic mass is 16.5. The molecule has 1 N–H and O–H groups in total. The largest absolute Gasteiger partial charge is 0.478 e. The predicted octanol–water partition coefficient (Wildman–Crippen LogP) is 5.51. The van der Waals surface area contributed by atoms with Gasteiger partial charge in [0.15, 0.2) is 11.2 Å². The summed E-state index contributed by atoms with van der Waals surface area (Å²) in [5.41, 5.74) is 1.42. The molecule has 30 heavy (non-hydrogen) atoms. The monoisotopic (exact) mass is 410 g/mol. The second-order valence-electron chi connectivity index (χ2n) is 8.48. The number of para-hydroxylation sites is 2. The van der Waals surface area contributed by atoms with Crippen molar-refractivity contribution in [3.63, 3.8) is 0 Å². The Morgan fingerprint density at radius 1 is 1.17 bits per heavy atom. The lowest BCUT2D eigenvalue weighted by Gasteiger charge is -2.23. The first-order valence-corrected chi connectivity index (χ1v) is 10.4. The standard InChI is InChI=1S/C24H30N2O4/c1-17(2)8-7-15-26(23-25-20-9-5-6-10-21(20)29-23)16-18-11-13-19(14-12-18)30-24(3,4)22(27)28/h5-6,9-14,17H,7-8,15-16H2,1-4H3,(H,27,28). The minimum absolute atomic E-state index is 0.527. The van der Waals surface area contributed by atoms with Crippen LogP contribution in [0.2, 0.25) is 0 Å². The van der Waals surface area contributed by atoms with Crippen LogP contribution in [0.4, 0.5) is 6.01 Å². The van der Waals surface area contributed by atoms with E-state index in [-0.39, 0.29) is 0 Å². The number of nitrogens with zero attached hydrogens (tertiary/aromatic N) is 2. The number of oxazole rings is 1. The minimum Gasteiger partial charge on any atom is -0.478 e. The number of aromatic nitrogens is 1. The Labute approximate surface area is 177 Å². The molecule has 0 atom stereocenters. The molecule has 0 spiro atoms. The number of aliphatic carboxylic acids is 1. The Morgan fingerprint density at radius 3 is 2.50 bits per heavy atom. The van der Waals surface area contributed by atoms with Gasteiger partial charge in [-0.05, 0) is 62.4 Å². The zero-order chi connectivity index (χ0) is 21.7. The summed E-state index contributed by atoms with van der Waals surface area (Å²) in [5, 5.41) is 9.23. The van der Waals surface area contributed by atoms with Crippen molar-refractivity contribution < 1.29 is 19.1 Å². The van der Waals surface area contributed by atoms with Gasteiger partial charge in [-0.2, -0.15) is 4.98 Å². The molecule has 1 heterocycles. The Hall–Kier alpha value is -3.02. The van der Waals surface area contributed by atoms with Crippen LogP contribution >= 0.6 is 0 Å². The average molecular weight is 411 g/mol. The number of benzene rings is 2. The molecule has 0 aliphatic heterocycles. The molecule has 0 unspecified atom stereocenters. The van der Waals surface area contributed by atoms with Crippen LogP contribution in [-0.2, 0) is 11.3 Å². The molecule has 3 rings (SSSR count). The Morgan fingerprint density at radius 2 is 1.87 bits per heavy atom. The van der Waals surface area contributed by atoms with Crippen LogP contribution in [-0.4, -0.2) is 28.2 Å². The smallest absolute Gasteiger partial charge is 0.347 e. The van der Waals surface area contributed by atoms with Gasteiger partial charge in [0.05, 0.1) is 0 Å². The van der Waals surface area contributed by atoms with Crippen molar-refractivity contribution >= 4 is 23.1 Å². The number of ether oxygens (including phenoxy) is 1. The summed E-state index contributed by atoms with van der Waals surface area (Å²) in [6, 6.07) is 15.9.